The van der Waals surface area contributed by atoms with Crippen LogP contribution in [0.2, 0.25) is 0 Å². The first kappa shape index (κ1) is 13.7. The zero-order valence-corrected chi connectivity index (χ0v) is 10.4. The molecule has 2 heteroatoms. The summed E-state index contributed by atoms with van der Waals surface area (Å²) in [7, 11) is 0. The summed E-state index contributed by atoms with van der Waals surface area (Å²) >= 11 is 0. The SMILES string of the molecule is C=CC1=C(C=C)C(C)(C)OC(C)=N1.CC. The van der Waals surface area contributed by atoms with Crippen molar-refractivity contribution in [2.75, 3.05) is 0 Å². The van der Waals surface area contributed by atoms with Crippen LogP contribution in [0.5, 0.6) is 0 Å². The molecular formula is C13H21NO. The number of ether oxygens (including phenoxy) is 1. The van der Waals surface area contributed by atoms with E-state index in [0.717, 1.165) is 11.3 Å². The molecule has 0 aromatic carbocycles. The second-order valence-corrected chi connectivity index (χ2v) is 3.45. The highest BCUT2D eigenvalue weighted by molar-refractivity contribution is 5.77. The first-order valence-corrected chi connectivity index (χ1v) is 5.25. The summed E-state index contributed by atoms with van der Waals surface area (Å²) in [5, 5.41) is 0. The minimum Gasteiger partial charge on any atom is -0.470 e. The Kier molecular flexibility index (Phi) is 5.06. The fourth-order valence-electron chi connectivity index (χ4n) is 1.49. The van der Waals surface area contributed by atoms with Crippen molar-refractivity contribution in [3.05, 3.63) is 36.6 Å². The third-order valence-electron chi connectivity index (χ3n) is 2.00. The zero-order chi connectivity index (χ0) is 12.1. The predicted octanol–water partition coefficient (Wildman–Crippen LogP) is 3.87. The smallest absolute Gasteiger partial charge is 0.186 e. The molecule has 0 atom stereocenters. The van der Waals surface area contributed by atoms with Gasteiger partial charge in [-0.3, -0.25) is 0 Å². The zero-order valence-electron chi connectivity index (χ0n) is 10.4. The molecule has 0 unspecified atom stereocenters. The summed E-state index contributed by atoms with van der Waals surface area (Å²) in [6.45, 7) is 17.3. The number of hydrogen-bond acceptors (Lipinski definition) is 2. The van der Waals surface area contributed by atoms with E-state index in [2.05, 4.69) is 18.2 Å². The molecule has 84 valence electrons. The van der Waals surface area contributed by atoms with Gasteiger partial charge in [-0.05, 0) is 19.9 Å². The van der Waals surface area contributed by atoms with E-state index < -0.39 is 0 Å². The molecule has 1 rings (SSSR count). The molecule has 0 aromatic rings. The van der Waals surface area contributed by atoms with E-state index in [1.165, 1.54) is 0 Å². The molecular weight excluding hydrogens is 186 g/mol. The van der Waals surface area contributed by atoms with Gasteiger partial charge in [0.15, 0.2) is 5.90 Å². The third kappa shape index (κ3) is 3.08. The van der Waals surface area contributed by atoms with Crippen molar-refractivity contribution in [3.8, 4) is 0 Å². The van der Waals surface area contributed by atoms with Crippen LogP contribution in [0.1, 0.15) is 34.6 Å². The fourth-order valence-corrected chi connectivity index (χ4v) is 1.49. The molecule has 1 heterocycles. The lowest BCUT2D eigenvalue weighted by Gasteiger charge is -2.31. The van der Waals surface area contributed by atoms with Crippen LogP contribution in [-0.4, -0.2) is 11.5 Å². The van der Waals surface area contributed by atoms with Crippen molar-refractivity contribution in [2.24, 2.45) is 4.99 Å². The van der Waals surface area contributed by atoms with Gasteiger partial charge < -0.3 is 4.74 Å². The monoisotopic (exact) mass is 207 g/mol. The van der Waals surface area contributed by atoms with Gasteiger partial charge >= 0.3 is 0 Å². The highest BCUT2D eigenvalue weighted by atomic mass is 16.5. The maximum Gasteiger partial charge on any atom is 0.186 e. The summed E-state index contributed by atoms with van der Waals surface area (Å²) in [5.74, 6) is 0.672. The van der Waals surface area contributed by atoms with Crippen molar-refractivity contribution in [1.82, 2.24) is 0 Å². The summed E-state index contributed by atoms with van der Waals surface area (Å²) < 4.78 is 5.58. The quantitative estimate of drug-likeness (QED) is 0.673. The first-order valence-electron chi connectivity index (χ1n) is 5.25. The molecule has 0 aliphatic carbocycles. The third-order valence-corrected chi connectivity index (χ3v) is 2.00. The molecule has 1 aliphatic heterocycles. The lowest BCUT2D eigenvalue weighted by atomic mass is 9.94. The van der Waals surface area contributed by atoms with E-state index in [0.29, 0.717) is 5.90 Å². The fraction of sp³-hybridized carbons (Fsp3) is 0.462. The van der Waals surface area contributed by atoms with Crippen LogP contribution in [0, 0.1) is 0 Å². The van der Waals surface area contributed by atoms with Gasteiger partial charge in [0.1, 0.15) is 5.60 Å². The lowest BCUT2D eigenvalue weighted by Crippen LogP contribution is -2.32. The molecule has 0 amide bonds. The van der Waals surface area contributed by atoms with E-state index >= 15 is 0 Å². The Bertz CT molecular complexity index is 308. The Labute approximate surface area is 93.1 Å². The van der Waals surface area contributed by atoms with Gasteiger partial charge in [-0.2, -0.15) is 0 Å². The minimum atomic E-state index is -0.350. The van der Waals surface area contributed by atoms with Crippen LogP contribution in [0.3, 0.4) is 0 Å². The molecule has 0 radical (unpaired) electrons. The second-order valence-electron chi connectivity index (χ2n) is 3.45. The molecule has 0 aromatic heterocycles. The van der Waals surface area contributed by atoms with Crippen molar-refractivity contribution in [3.63, 3.8) is 0 Å². The van der Waals surface area contributed by atoms with E-state index in [1.54, 1.807) is 12.2 Å². The summed E-state index contributed by atoms with van der Waals surface area (Å²) in [4.78, 5) is 4.23. The van der Waals surface area contributed by atoms with Crippen LogP contribution in [0.15, 0.2) is 41.6 Å². The predicted molar refractivity (Wildman–Crippen MR) is 67.0 cm³/mol. The number of hydrogen-bond donors (Lipinski definition) is 0. The second kappa shape index (κ2) is 5.54. The van der Waals surface area contributed by atoms with Crippen molar-refractivity contribution >= 4 is 5.90 Å². The molecule has 0 spiro atoms. The molecule has 0 saturated heterocycles. The number of rotatable bonds is 2. The van der Waals surface area contributed by atoms with Crippen molar-refractivity contribution in [1.29, 1.82) is 0 Å². The Morgan fingerprint density at radius 3 is 2.13 bits per heavy atom. The first-order chi connectivity index (χ1) is 7.01. The number of nitrogens with zero attached hydrogens (tertiary/aromatic N) is 1. The molecule has 0 fully saturated rings. The lowest BCUT2D eigenvalue weighted by molar-refractivity contribution is 0.131. The maximum absolute atomic E-state index is 5.58. The average molecular weight is 207 g/mol. The van der Waals surface area contributed by atoms with Gasteiger partial charge in [-0.25, -0.2) is 4.99 Å². The van der Waals surface area contributed by atoms with Crippen LogP contribution < -0.4 is 0 Å². The van der Waals surface area contributed by atoms with E-state index in [4.69, 9.17) is 4.74 Å². The number of aliphatic imine (C=N–C) groups is 1. The van der Waals surface area contributed by atoms with Gasteiger partial charge in [0.25, 0.3) is 0 Å². The van der Waals surface area contributed by atoms with Gasteiger partial charge in [0.05, 0.1) is 5.70 Å². The molecule has 1 aliphatic rings. The van der Waals surface area contributed by atoms with Gasteiger partial charge in [0, 0.05) is 12.5 Å². The van der Waals surface area contributed by atoms with E-state index in [-0.39, 0.29) is 5.60 Å². The van der Waals surface area contributed by atoms with Crippen molar-refractivity contribution < 1.29 is 4.74 Å². The van der Waals surface area contributed by atoms with Crippen LogP contribution in [-0.2, 0) is 4.74 Å². The van der Waals surface area contributed by atoms with Crippen LogP contribution >= 0.6 is 0 Å². The van der Waals surface area contributed by atoms with E-state index in [1.807, 2.05) is 34.6 Å². The highest BCUT2D eigenvalue weighted by Gasteiger charge is 2.29. The highest BCUT2D eigenvalue weighted by Crippen LogP contribution is 2.30. The van der Waals surface area contributed by atoms with Crippen molar-refractivity contribution in [2.45, 2.75) is 40.2 Å². The standard InChI is InChI=1S/C11H15NO.C2H6/c1-6-9-10(7-2)12-8(3)13-11(9,4)5;1-2/h6-7H,1-2H2,3-5H3;1-2H3. The Morgan fingerprint density at radius 2 is 1.73 bits per heavy atom. The number of allylic oxidation sites excluding steroid dienone is 1. The summed E-state index contributed by atoms with van der Waals surface area (Å²) in [5.41, 5.74) is 1.48. The average Bonchev–Trinajstić information content (AvgIpc) is 2.18. The maximum atomic E-state index is 5.58. The largest absolute Gasteiger partial charge is 0.470 e. The summed E-state index contributed by atoms with van der Waals surface area (Å²) in [6, 6.07) is 0. The molecule has 15 heavy (non-hydrogen) atoms. The van der Waals surface area contributed by atoms with Crippen LogP contribution in [0.25, 0.3) is 0 Å². The Balaban J connectivity index is 0.000000921. The molecule has 0 N–H and O–H groups in total. The molecule has 0 bridgehead atoms. The van der Waals surface area contributed by atoms with Gasteiger partial charge in [-0.1, -0.05) is 33.1 Å². The van der Waals surface area contributed by atoms with E-state index in [9.17, 15) is 0 Å². The minimum absolute atomic E-state index is 0.350. The summed E-state index contributed by atoms with van der Waals surface area (Å²) in [6.07, 6.45) is 3.50. The molecule has 2 nitrogen and oxygen atoms in total. The van der Waals surface area contributed by atoms with Gasteiger partial charge in [-0.15, -0.1) is 0 Å². The normalized spacial score (nSPS) is 18.1. The Hall–Kier alpha value is -1.31. The topological polar surface area (TPSA) is 21.6 Å². The van der Waals surface area contributed by atoms with Gasteiger partial charge in [0.2, 0.25) is 0 Å². The molecule has 0 saturated carbocycles. The Morgan fingerprint density at radius 1 is 1.20 bits per heavy atom. The van der Waals surface area contributed by atoms with Crippen LogP contribution in [0.4, 0.5) is 0 Å².